The van der Waals surface area contributed by atoms with Crippen molar-refractivity contribution in [2.75, 3.05) is 0 Å². The second-order valence-corrected chi connectivity index (χ2v) is 41.5. The van der Waals surface area contributed by atoms with E-state index in [-0.39, 0.29) is 0 Å². The molecule has 202 valence electrons. The van der Waals surface area contributed by atoms with Crippen molar-refractivity contribution in [3.63, 3.8) is 0 Å². The third-order valence-electron chi connectivity index (χ3n) is 7.51. The molecule has 0 unspecified atom stereocenters. The molecule has 6 rings (SSSR count). The van der Waals surface area contributed by atoms with Crippen molar-refractivity contribution in [2.45, 2.75) is 12.8 Å². The maximum atomic E-state index is 8.57. The Morgan fingerprint density at radius 1 is 0.436 bits per heavy atom. The van der Waals surface area contributed by atoms with Gasteiger partial charge >= 0.3 is 245 Å². The Morgan fingerprint density at radius 3 is 0.949 bits per heavy atom. The summed E-state index contributed by atoms with van der Waals surface area (Å²) < 4.78 is 0. The van der Waals surface area contributed by atoms with Crippen LogP contribution in [0.2, 0.25) is 0 Å². The molecular weight excluding hydrogens is 648 g/mol. The number of hydrogen-bond acceptors (Lipinski definition) is 0. The minimum atomic E-state index is -3.55. The molecule has 0 amide bonds. The van der Waals surface area contributed by atoms with Crippen LogP contribution in [0.1, 0.15) is 12.8 Å². The first-order chi connectivity index (χ1) is 19.1. The van der Waals surface area contributed by atoms with Gasteiger partial charge in [0, 0.05) is 0 Å². The van der Waals surface area contributed by atoms with Crippen LogP contribution in [0.15, 0.2) is 168 Å². The van der Waals surface area contributed by atoms with Crippen LogP contribution >= 0.6 is 30.0 Å². The van der Waals surface area contributed by atoms with Crippen molar-refractivity contribution in [3.8, 4) is 0 Å². The van der Waals surface area contributed by atoms with E-state index in [1.807, 2.05) is 0 Å². The molecular formula is C34H32Cl2P2Pd. The van der Waals surface area contributed by atoms with Crippen molar-refractivity contribution >= 4 is 51.2 Å². The Labute approximate surface area is 243 Å². The van der Waals surface area contributed by atoms with E-state index in [1.54, 1.807) is 0 Å². The third kappa shape index (κ3) is 4.32. The fourth-order valence-electron chi connectivity index (χ4n) is 5.90. The van der Waals surface area contributed by atoms with Crippen molar-refractivity contribution in [1.29, 1.82) is 0 Å². The molecule has 0 nitrogen and oxygen atoms in total. The van der Waals surface area contributed by atoms with E-state index in [9.17, 15) is 0 Å². The van der Waals surface area contributed by atoms with Gasteiger partial charge in [-0.05, 0) is 0 Å². The monoisotopic (exact) mass is 678 g/mol. The third-order valence-corrected chi connectivity index (χ3v) is 53.3. The molecule has 4 aromatic rings. The maximum absolute atomic E-state index is 8.57. The molecule has 0 atom stereocenters. The summed E-state index contributed by atoms with van der Waals surface area (Å²) in [5, 5.41) is 7.86. The van der Waals surface area contributed by atoms with E-state index in [1.165, 1.54) is 31.8 Å². The Balaban J connectivity index is 1.82. The molecule has 0 bridgehead atoms. The Morgan fingerprint density at radius 2 is 0.718 bits per heavy atom. The van der Waals surface area contributed by atoms with Gasteiger partial charge in [0.1, 0.15) is 0 Å². The zero-order valence-electron chi connectivity index (χ0n) is 21.5. The predicted molar refractivity (Wildman–Crippen MR) is 176 cm³/mol. The first-order valence-corrected chi connectivity index (χ1v) is 25.5. The van der Waals surface area contributed by atoms with Gasteiger partial charge in [-0.15, -0.1) is 0 Å². The summed E-state index contributed by atoms with van der Waals surface area (Å²) in [6, 6.07) is 43.9. The first-order valence-electron chi connectivity index (χ1n) is 13.2. The van der Waals surface area contributed by atoms with Gasteiger partial charge in [0.05, 0.1) is 0 Å². The van der Waals surface area contributed by atoms with E-state index in [0.717, 1.165) is 12.8 Å². The normalized spacial score (nSPS) is 16.6. The molecule has 0 heterocycles. The minimum absolute atomic E-state index is 0.914. The van der Waals surface area contributed by atoms with Crippen LogP contribution in [0.5, 0.6) is 0 Å². The van der Waals surface area contributed by atoms with E-state index >= 15 is 0 Å². The van der Waals surface area contributed by atoms with Crippen molar-refractivity contribution in [3.05, 3.63) is 168 Å². The fourth-order valence-corrected chi connectivity index (χ4v) is 61.9. The second kappa shape index (κ2) is 11.4. The molecule has 0 N–H and O–H groups in total. The number of allylic oxidation sites excluding steroid dienone is 8. The number of rotatable bonds is 8. The molecule has 0 spiro atoms. The quantitative estimate of drug-likeness (QED) is 0.129. The molecule has 5 heteroatoms. The van der Waals surface area contributed by atoms with Gasteiger partial charge in [-0.1, -0.05) is 0 Å². The molecule has 0 saturated heterocycles. The molecule has 0 radical (unpaired) electrons. The van der Waals surface area contributed by atoms with Crippen molar-refractivity contribution in [1.82, 2.24) is 0 Å². The first kappa shape index (κ1) is 27.1. The topological polar surface area (TPSA) is 0 Å². The Bertz CT molecular complexity index is 1360. The van der Waals surface area contributed by atoms with E-state index < -0.39 is 23.4 Å². The summed E-state index contributed by atoms with van der Waals surface area (Å²) in [4.78, 5) is 0. The molecule has 2 aliphatic carbocycles. The Hall–Kier alpha value is -2.06. The van der Waals surface area contributed by atoms with E-state index in [4.69, 9.17) is 19.1 Å². The van der Waals surface area contributed by atoms with Crippen LogP contribution in [0.4, 0.5) is 0 Å². The number of halogens is 2. The van der Waals surface area contributed by atoms with Gasteiger partial charge in [0.25, 0.3) is 0 Å². The summed E-state index contributed by atoms with van der Waals surface area (Å²) >= 11 is -3.55. The zero-order valence-corrected chi connectivity index (χ0v) is 26.6. The Kier molecular flexibility index (Phi) is 7.96. The average Bonchev–Trinajstić information content (AvgIpc) is 3.72. The van der Waals surface area contributed by atoms with E-state index in [2.05, 4.69) is 158 Å². The van der Waals surface area contributed by atoms with Crippen LogP contribution in [0.25, 0.3) is 0 Å². The molecule has 0 fully saturated rings. The molecule has 0 aromatic heterocycles. The van der Waals surface area contributed by atoms with Crippen molar-refractivity contribution < 1.29 is 12.5 Å². The SMILES string of the molecule is [Cl][Pd]([Cl])([PH](C1=CCC=C1)(c1ccccc1)c1ccccc1)[PH](C1=CCC=C1)(c1ccccc1)c1ccccc1. The summed E-state index contributed by atoms with van der Waals surface area (Å²) in [7, 11) is 17.1. The van der Waals surface area contributed by atoms with Gasteiger partial charge in [-0.2, -0.15) is 0 Å². The average molecular weight is 680 g/mol. The summed E-state index contributed by atoms with van der Waals surface area (Å²) in [6.07, 6.45) is 15.8. The van der Waals surface area contributed by atoms with Gasteiger partial charge < -0.3 is 0 Å². The van der Waals surface area contributed by atoms with Crippen LogP contribution < -0.4 is 21.2 Å². The van der Waals surface area contributed by atoms with Gasteiger partial charge in [-0.3, -0.25) is 0 Å². The number of hydrogen-bond donors (Lipinski definition) is 0. The molecule has 2 aliphatic rings. The van der Waals surface area contributed by atoms with Crippen LogP contribution in [-0.4, -0.2) is 0 Å². The predicted octanol–water partition coefficient (Wildman–Crippen LogP) is 8.77. The van der Waals surface area contributed by atoms with Crippen LogP contribution in [-0.2, 0) is 12.5 Å². The van der Waals surface area contributed by atoms with Gasteiger partial charge in [-0.25, -0.2) is 0 Å². The summed E-state index contributed by atoms with van der Waals surface area (Å²) in [6.45, 7) is 0. The van der Waals surface area contributed by atoms with Gasteiger partial charge in [0.15, 0.2) is 0 Å². The standard InChI is InChI=1S/2C17H15P.2ClH.Pd/c2*1-3-9-15(10-4-1)18(17-13-7-8-14-17)16-11-5-2-6-12-16;;;/h2*1-7,9-14H,8H2;2*1H;. The summed E-state index contributed by atoms with van der Waals surface area (Å²) in [5.74, 6) is 0. The van der Waals surface area contributed by atoms with Crippen LogP contribution in [0, 0.1) is 0 Å². The molecule has 0 saturated carbocycles. The summed E-state index contributed by atoms with van der Waals surface area (Å²) in [5.41, 5.74) is -5.94. The van der Waals surface area contributed by atoms with Gasteiger partial charge in [0.2, 0.25) is 0 Å². The van der Waals surface area contributed by atoms with Crippen LogP contribution in [0.3, 0.4) is 0 Å². The molecule has 4 aromatic carbocycles. The molecule has 39 heavy (non-hydrogen) atoms. The van der Waals surface area contributed by atoms with E-state index in [0.29, 0.717) is 0 Å². The fraction of sp³-hybridized carbons (Fsp3) is 0.0588. The second-order valence-electron chi connectivity index (χ2n) is 9.65. The zero-order chi connectivity index (χ0) is 26.8. The molecule has 0 aliphatic heterocycles. The number of benzene rings is 4. The van der Waals surface area contributed by atoms with Crippen molar-refractivity contribution in [2.24, 2.45) is 0 Å².